The molecule has 0 fully saturated rings. The molecule has 41 heavy (non-hydrogen) atoms. The van der Waals surface area contributed by atoms with E-state index in [2.05, 4.69) is 20.3 Å². The van der Waals surface area contributed by atoms with Crippen molar-refractivity contribution in [1.82, 2.24) is 29.4 Å². The van der Waals surface area contributed by atoms with Crippen LogP contribution in [0.15, 0.2) is 40.2 Å². The van der Waals surface area contributed by atoms with Crippen LogP contribution in [0, 0.1) is 12.7 Å². The maximum atomic E-state index is 13.9. The number of rotatable bonds is 10. The molecule has 0 aliphatic rings. The molecule has 0 aliphatic carbocycles. The molecule has 1 unspecified atom stereocenters. The summed E-state index contributed by atoms with van der Waals surface area (Å²) in [6.45, 7) is 7.56. The second-order valence-electron chi connectivity index (χ2n) is 9.40. The number of fused-ring (bicyclic) bond motifs is 1. The summed E-state index contributed by atoms with van der Waals surface area (Å²) in [5.74, 6) is -0.377. The summed E-state index contributed by atoms with van der Waals surface area (Å²) in [4.78, 5) is 41.9. The van der Waals surface area contributed by atoms with Gasteiger partial charge in [0.15, 0.2) is 0 Å². The molecule has 0 saturated heterocycles. The zero-order valence-electron chi connectivity index (χ0n) is 23.9. The van der Waals surface area contributed by atoms with Crippen LogP contribution in [0.2, 0.25) is 0 Å². The molecular weight excluding hydrogens is 555 g/mol. The molecule has 14 heteroatoms. The molecule has 1 amide bonds. The fourth-order valence-corrected chi connectivity index (χ4v) is 5.43. The molecule has 1 atom stereocenters. The van der Waals surface area contributed by atoms with Crippen molar-refractivity contribution in [2.45, 2.75) is 52.7 Å². The van der Waals surface area contributed by atoms with Crippen molar-refractivity contribution in [3.05, 3.63) is 68.4 Å². The first-order valence-electron chi connectivity index (χ1n) is 12.9. The minimum absolute atomic E-state index is 0.122. The predicted octanol–water partition coefficient (Wildman–Crippen LogP) is 2.21. The number of methoxy groups -OCH3 is 2. The third kappa shape index (κ3) is 7.07. The van der Waals surface area contributed by atoms with E-state index in [9.17, 15) is 18.8 Å². The first kappa shape index (κ1) is 31.6. The molecule has 2 N–H and O–H groups in total. The molecular formula is C27H35FN6O6S. The predicted molar refractivity (Wildman–Crippen MR) is 154 cm³/mol. The van der Waals surface area contributed by atoms with Crippen LogP contribution in [0.5, 0.6) is 5.75 Å². The Labute approximate surface area is 239 Å². The third-order valence-corrected chi connectivity index (χ3v) is 7.44. The first-order valence-corrected chi connectivity index (χ1v) is 13.7. The van der Waals surface area contributed by atoms with E-state index in [0.717, 1.165) is 4.57 Å². The molecule has 222 valence electrons. The van der Waals surface area contributed by atoms with Gasteiger partial charge in [0.05, 0.1) is 38.1 Å². The van der Waals surface area contributed by atoms with Gasteiger partial charge in [0.25, 0.3) is 5.56 Å². The zero-order chi connectivity index (χ0) is 30.3. The summed E-state index contributed by atoms with van der Waals surface area (Å²) in [7, 11) is 3.04. The van der Waals surface area contributed by atoms with Crippen LogP contribution in [-0.2, 0) is 22.5 Å². The Morgan fingerprint density at radius 2 is 1.85 bits per heavy atom. The number of benzene rings is 1. The molecule has 3 aromatic heterocycles. The van der Waals surface area contributed by atoms with Gasteiger partial charge >= 0.3 is 5.69 Å². The summed E-state index contributed by atoms with van der Waals surface area (Å²) in [6.07, 6.45) is 3.29. The maximum Gasteiger partial charge on any atom is 0.332 e. The summed E-state index contributed by atoms with van der Waals surface area (Å²) >= 11 is 1.21. The highest BCUT2D eigenvalue weighted by molar-refractivity contribution is 7.21. The lowest BCUT2D eigenvalue weighted by Gasteiger charge is -2.19. The van der Waals surface area contributed by atoms with Gasteiger partial charge in [-0.25, -0.2) is 13.8 Å². The summed E-state index contributed by atoms with van der Waals surface area (Å²) in [5, 5.41) is 19.9. The van der Waals surface area contributed by atoms with Gasteiger partial charge in [0.2, 0.25) is 5.91 Å². The minimum atomic E-state index is -1.04. The number of hydrogen-bond acceptors (Lipinski definition) is 9. The van der Waals surface area contributed by atoms with Crippen LogP contribution in [0.1, 0.15) is 37.9 Å². The number of aromatic nitrogens is 5. The van der Waals surface area contributed by atoms with Crippen molar-refractivity contribution in [2.75, 3.05) is 27.4 Å². The highest BCUT2D eigenvalue weighted by Gasteiger charge is 2.26. The Bertz CT molecular complexity index is 1590. The number of thiophene rings is 1. The highest BCUT2D eigenvalue weighted by atomic mass is 32.1. The molecule has 0 aliphatic heterocycles. The summed E-state index contributed by atoms with van der Waals surface area (Å²) < 4.78 is 26.2. The Kier molecular flexibility index (Phi) is 10.9. The number of amides is 1. The van der Waals surface area contributed by atoms with Crippen LogP contribution >= 0.6 is 11.3 Å². The molecule has 0 radical (unpaired) electrons. The average Bonchev–Trinajstić information content (AvgIpc) is 3.57. The van der Waals surface area contributed by atoms with Crippen molar-refractivity contribution in [3.8, 4) is 10.8 Å². The molecule has 4 aromatic rings. The van der Waals surface area contributed by atoms with E-state index in [-0.39, 0.29) is 25.6 Å². The van der Waals surface area contributed by atoms with Crippen LogP contribution < -0.4 is 21.3 Å². The lowest BCUT2D eigenvalue weighted by atomic mass is 10.1. The fraction of sp³-hybridized carbons (Fsp3) is 0.444. The van der Waals surface area contributed by atoms with Gasteiger partial charge < -0.3 is 19.9 Å². The smallest absolute Gasteiger partial charge is 0.332 e. The van der Waals surface area contributed by atoms with E-state index in [1.165, 1.54) is 65.3 Å². The fourth-order valence-electron chi connectivity index (χ4n) is 4.19. The van der Waals surface area contributed by atoms with Gasteiger partial charge in [-0.3, -0.25) is 14.2 Å². The third-order valence-electron chi connectivity index (χ3n) is 6.16. The first-order chi connectivity index (χ1) is 19.5. The monoisotopic (exact) mass is 590 g/mol. The van der Waals surface area contributed by atoms with Gasteiger partial charge in [-0.05, 0) is 57.9 Å². The number of carbonyl (C=O) groups is 1. The van der Waals surface area contributed by atoms with Crippen molar-refractivity contribution in [1.29, 1.82) is 0 Å². The van der Waals surface area contributed by atoms with Crippen molar-refractivity contribution >= 4 is 27.5 Å². The molecule has 0 saturated carbocycles. The Morgan fingerprint density at radius 3 is 2.41 bits per heavy atom. The van der Waals surface area contributed by atoms with E-state index in [1.807, 2.05) is 0 Å². The number of ether oxygens (including phenoxy) is 2. The molecule has 4 rings (SSSR count). The average molecular weight is 591 g/mol. The van der Waals surface area contributed by atoms with E-state index >= 15 is 0 Å². The number of carbonyl (C=O) groups excluding carboxylic acids is 1. The van der Waals surface area contributed by atoms with Gasteiger partial charge in [0, 0.05) is 25.3 Å². The Hall–Kier alpha value is -3.88. The molecule has 1 aromatic carbocycles. The Balaban J connectivity index is 0.000000850. The van der Waals surface area contributed by atoms with E-state index < -0.39 is 29.0 Å². The number of halogens is 1. The second kappa shape index (κ2) is 14.1. The maximum absolute atomic E-state index is 13.9. The lowest BCUT2D eigenvalue weighted by Crippen LogP contribution is -2.47. The number of nitrogens with one attached hydrogen (secondary N) is 1. The van der Waals surface area contributed by atoms with Crippen molar-refractivity contribution in [3.63, 3.8) is 0 Å². The minimum Gasteiger partial charge on any atom is -0.496 e. The second-order valence-corrected chi connectivity index (χ2v) is 10.4. The number of nitrogens with zero attached hydrogens (tertiary/aromatic N) is 5. The quantitative estimate of drug-likeness (QED) is 0.286. The van der Waals surface area contributed by atoms with Crippen molar-refractivity contribution < 1.29 is 23.8 Å². The van der Waals surface area contributed by atoms with E-state index in [1.54, 1.807) is 27.9 Å². The van der Waals surface area contributed by atoms with Crippen LogP contribution in [0.4, 0.5) is 4.39 Å². The van der Waals surface area contributed by atoms with Crippen LogP contribution in [-0.4, -0.2) is 68.6 Å². The number of hydrogen-bond donors (Lipinski definition) is 2. The van der Waals surface area contributed by atoms with E-state index in [4.69, 9.17) is 9.84 Å². The normalized spacial score (nSPS) is 11.8. The molecule has 0 spiro atoms. The van der Waals surface area contributed by atoms with Gasteiger partial charge in [-0.15, -0.1) is 4.80 Å². The largest absolute Gasteiger partial charge is 0.496 e. The molecule has 0 bridgehead atoms. The lowest BCUT2D eigenvalue weighted by molar-refractivity contribution is -0.124. The summed E-state index contributed by atoms with van der Waals surface area (Å²) in [6, 6.07) is 2.97. The van der Waals surface area contributed by atoms with Crippen LogP contribution in [0.3, 0.4) is 0 Å². The van der Waals surface area contributed by atoms with Crippen molar-refractivity contribution in [2.24, 2.45) is 0 Å². The van der Waals surface area contributed by atoms with E-state index in [0.29, 0.717) is 38.7 Å². The van der Waals surface area contributed by atoms with Crippen LogP contribution in [0.25, 0.3) is 15.2 Å². The zero-order valence-corrected chi connectivity index (χ0v) is 24.7. The Morgan fingerprint density at radius 1 is 1.17 bits per heavy atom. The number of aliphatic hydroxyl groups excluding tert-OH is 1. The highest BCUT2D eigenvalue weighted by Crippen LogP contribution is 2.31. The molecule has 3 heterocycles. The van der Waals surface area contributed by atoms with Gasteiger partial charge in [-0.2, -0.15) is 10.2 Å². The summed E-state index contributed by atoms with van der Waals surface area (Å²) in [5.41, 5.74) is -0.0229. The number of aliphatic hydroxyl groups is 1. The topological polar surface area (TPSA) is 142 Å². The number of aryl methyl sites for hydroxylation is 3. The standard InChI is InChI=1S/C24H27FN6O4S.C3H8O2/c1-13(2)28-20(32)15(4)30-21(33)19-14(3)22(31-26-9-10-27-31)36-23(19)29(24(30)34)11-8-16-12-17(25)6-7-18(16)35-5;1-5-3-2-4/h6-7,9-10,12-13,15H,8,11H2,1-5H3,(H,28,32);4H,2-3H2,1H3. The van der Waals surface area contributed by atoms with Gasteiger partial charge in [-0.1, -0.05) is 11.3 Å². The SMILES string of the molecule is COCCO.COc1ccc(F)cc1CCn1c(=O)n(C(C)C(=O)NC(C)C)c(=O)c2c(C)c(-n3nccn3)sc21. The van der Waals surface area contributed by atoms with Gasteiger partial charge in [0.1, 0.15) is 27.4 Å². The molecule has 12 nitrogen and oxygen atoms in total.